The Morgan fingerprint density at radius 2 is 1.93 bits per heavy atom. The van der Waals surface area contributed by atoms with Crippen LogP contribution in [0.15, 0.2) is 18.2 Å². The van der Waals surface area contributed by atoms with Crippen molar-refractivity contribution in [1.82, 2.24) is 9.80 Å². The van der Waals surface area contributed by atoms with Crippen molar-refractivity contribution in [2.45, 2.75) is 19.9 Å². The minimum Gasteiger partial charge on any atom is -0.496 e. The van der Waals surface area contributed by atoms with Crippen molar-refractivity contribution in [3.05, 3.63) is 45.3 Å². The zero-order valence-corrected chi connectivity index (χ0v) is 17.8. The summed E-state index contributed by atoms with van der Waals surface area (Å²) >= 11 is 1.44. The molecular weight excluding hydrogens is 390 g/mol. The number of ether oxygens (including phenoxy) is 1. The molecule has 8 heteroatoms. The molecule has 29 heavy (non-hydrogen) atoms. The SMILES string of the molecule is COc1ccc(C(=O)N2CCc3c(sc4c3C(=O)N(C)CC(=O)N4C)C2)cc1C. The van der Waals surface area contributed by atoms with Crippen LogP contribution in [0, 0.1) is 6.92 Å². The summed E-state index contributed by atoms with van der Waals surface area (Å²) < 4.78 is 5.27. The maximum Gasteiger partial charge on any atom is 0.257 e. The summed E-state index contributed by atoms with van der Waals surface area (Å²) in [7, 11) is 4.97. The van der Waals surface area contributed by atoms with Gasteiger partial charge in [0.2, 0.25) is 5.91 Å². The van der Waals surface area contributed by atoms with Crippen molar-refractivity contribution in [3.63, 3.8) is 0 Å². The van der Waals surface area contributed by atoms with Gasteiger partial charge < -0.3 is 19.4 Å². The van der Waals surface area contributed by atoms with Crippen molar-refractivity contribution in [1.29, 1.82) is 0 Å². The van der Waals surface area contributed by atoms with Crippen LogP contribution in [0.25, 0.3) is 0 Å². The van der Waals surface area contributed by atoms with Gasteiger partial charge in [-0.2, -0.15) is 0 Å². The van der Waals surface area contributed by atoms with Gasteiger partial charge in [-0.05, 0) is 42.7 Å². The Bertz CT molecular complexity index is 1030. The number of benzene rings is 1. The zero-order chi connectivity index (χ0) is 20.9. The topological polar surface area (TPSA) is 70.2 Å². The van der Waals surface area contributed by atoms with Crippen molar-refractivity contribution >= 4 is 34.1 Å². The Morgan fingerprint density at radius 3 is 2.62 bits per heavy atom. The maximum atomic E-state index is 13.0. The quantitative estimate of drug-likeness (QED) is 0.758. The van der Waals surface area contributed by atoms with Gasteiger partial charge in [0, 0.05) is 31.1 Å². The van der Waals surface area contributed by atoms with E-state index >= 15 is 0 Å². The highest BCUT2D eigenvalue weighted by Gasteiger charge is 2.36. The predicted molar refractivity (Wildman–Crippen MR) is 111 cm³/mol. The van der Waals surface area contributed by atoms with Crippen molar-refractivity contribution < 1.29 is 19.1 Å². The van der Waals surface area contributed by atoms with E-state index in [4.69, 9.17) is 4.74 Å². The number of amides is 3. The molecule has 3 heterocycles. The van der Waals surface area contributed by atoms with Crippen LogP contribution in [-0.2, 0) is 17.8 Å². The Hall–Kier alpha value is -2.87. The highest BCUT2D eigenvalue weighted by atomic mass is 32.1. The van der Waals surface area contributed by atoms with E-state index in [9.17, 15) is 14.4 Å². The Balaban J connectivity index is 1.65. The highest BCUT2D eigenvalue weighted by Crippen LogP contribution is 2.41. The Morgan fingerprint density at radius 1 is 1.17 bits per heavy atom. The standard InChI is InChI=1S/C21H23N3O4S/c1-12-9-13(5-6-15(12)28-4)19(26)24-8-7-14-16(10-24)29-21-18(14)20(27)22(2)11-17(25)23(21)3/h5-6,9H,7-8,10-11H2,1-4H3. The lowest BCUT2D eigenvalue weighted by atomic mass is 10.0. The van der Waals surface area contributed by atoms with Crippen LogP contribution in [0.1, 0.15) is 36.7 Å². The molecule has 7 nitrogen and oxygen atoms in total. The second kappa shape index (κ2) is 7.18. The van der Waals surface area contributed by atoms with Crippen molar-refractivity contribution in [2.75, 3.05) is 39.2 Å². The monoisotopic (exact) mass is 413 g/mol. The number of thiophene rings is 1. The second-order valence-corrected chi connectivity index (χ2v) is 8.54. The van der Waals surface area contributed by atoms with E-state index in [0.717, 1.165) is 21.8 Å². The summed E-state index contributed by atoms with van der Waals surface area (Å²) in [6, 6.07) is 5.42. The minimum absolute atomic E-state index is 0.0436. The molecule has 1 aromatic heterocycles. The predicted octanol–water partition coefficient (Wildman–Crippen LogP) is 2.31. The van der Waals surface area contributed by atoms with Gasteiger partial charge in [-0.25, -0.2) is 0 Å². The third-order valence-electron chi connectivity index (χ3n) is 5.58. The highest BCUT2D eigenvalue weighted by molar-refractivity contribution is 7.17. The number of hydrogen-bond acceptors (Lipinski definition) is 5. The van der Waals surface area contributed by atoms with Crippen LogP contribution in [0.2, 0.25) is 0 Å². The minimum atomic E-state index is -0.124. The molecule has 2 aromatic rings. The van der Waals surface area contributed by atoms with Gasteiger partial charge in [0.25, 0.3) is 11.8 Å². The second-order valence-electron chi connectivity index (χ2n) is 7.46. The van der Waals surface area contributed by atoms with Crippen LogP contribution in [0.4, 0.5) is 5.00 Å². The lowest BCUT2D eigenvalue weighted by molar-refractivity contribution is -0.118. The molecule has 152 valence electrons. The molecule has 0 N–H and O–H groups in total. The summed E-state index contributed by atoms with van der Waals surface area (Å²) in [5.74, 6) is 0.471. The number of fused-ring (bicyclic) bond motifs is 3. The normalized spacial score (nSPS) is 16.5. The molecular formula is C21H23N3O4S. The van der Waals surface area contributed by atoms with Crippen LogP contribution in [-0.4, -0.2) is 61.8 Å². The Labute approximate surface area is 173 Å². The lowest BCUT2D eigenvalue weighted by Gasteiger charge is -2.28. The smallest absolute Gasteiger partial charge is 0.257 e. The number of hydrogen-bond donors (Lipinski definition) is 0. The summed E-state index contributed by atoms with van der Waals surface area (Å²) in [5.41, 5.74) is 3.12. The molecule has 0 saturated carbocycles. The number of carbonyl (C=O) groups is 3. The van der Waals surface area contributed by atoms with Crippen LogP contribution in [0.3, 0.4) is 0 Å². The maximum absolute atomic E-state index is 13.0. The largest absolute Gasteiger partial charge is 0.496 e. The molecule has 0 fully saturated rings. The van der Waals surface area contributed by atoms with Gasteiger partial charge in [-0.1, -0.05) is 0 Å². The van der Waals surface area contributed by atoms with E-state index < -0.39 is 0 Å². The summed E-state index contributed by atoms with van der Waals surface area (Å²) in [6.07, 6.45) is 0.601. The molecule has 4 rings (SSSR count). The molecule has 0 aliphatic carbocycles. The molecule has 0 saturated heterocycles. The van der Waals surface area contributed by atoms with E-state index in [2.05, 4.69) is 0 Å². The van der Waals surface area contributed by atoms with Gasteiger partial charge in [-0.15, -0.1) is 11.3 Å². The summed E-state index contributed by atoms with van der Waals surface area (Å²) in [6.45, 7) is 2.97. The first-order valence-electron chi connectivity index (χ1n) is 9.42. The number of anilines is 1. The van der Waals surface area contributed by atoms with Crippen molar-refractivity contribution in [2.24, 2.45) is 0 Å². The first kappa shape index (κ1) is 19.4. The van der Waals surface area contributed by atoms with Crippen LogP contribution < -0.4 is 9.64 Å². The Kier molecular flexibility index (Phi) is 4.82. The molecule has 3 amide bonds. The number of rotatable bonds is 2. The number of nitrogens with zero attached hydrogens (tertiary/aromatic N) is 3. The number of methoxy groups -OCH3 is 1. The fourth-order valence-electron chi connectivity index (χ4n) is 3.90. The number of likely N-dealkylation sites (N-methyl/N-ethyl adjacent to an activating group) is 2. The molecule has 0 bridgehead atoms. The van der Waals surface area contributed by atoms with E-state index in [0.29, 0.717) is 35.6 Å². The molecule has 0 unspecified atom stereocenters. The summed E-state index contributed by atoms with van der Waals surface area (Å²) in [5, 5.41) is 0.684. The number of carbonyl (C=O) groups excluding carboxylic acids is 3. The molecule has 0 spiro atoms. The fourth-order valence-corrected chi connectivity index (χ4v) is 5.23. The average molecular weight is 413 g/mol. The zero-order valence-electron chi connectivity index (χ0n) is 16.9. The van der Waals surface area contributed by atoms with E-state index in [1.54, 1.807) is 43.1 Å². The van der Waals surface area contributed by atoms with E-state index in [1.807, 2.05) is 13.0 Å². The van der Waals surface area contributed by atoms with Crippen LogP contribution in [0.5, 0.6) is 5.75 Å². The third-order valence-corrected chi connectivity index (χ3v) is 6.87. The lowest BCUT2D eigenvalue weighted by Crippen LogP contribution is -2.37. The number of aryl methyl sites for hydroxylation is 1. The van der Waals surface area contributed by atoms with Gasteiger partial charge in [-0.3, -0.25) is 14.4 Å². The first-order valence-corrected chi connectivity index (χ1v) is 10.2. The van der Waals surface area contributed by atoms with Gasteiger partial charge in [0.1, 0.15) is 17.3 Å². The fraction of sp³-hybridized carbons (Fsp3) is 0.381. The van der Waals surface area contributed by atoms with E-state index in [-0.39, 0.29) is 24.3 Å². The van der Waals surface area contributed by atoms with Gasteiger partial charge >= 0.3 is 0 Å². The average Bonchev–Trinajstić information content (AvgIpc) is 3.07. The van der Waals surface area contributed by atoms with Gasteiger partial charge in [0.15, 0.2) is 0 Å². The molecule has 2 aliphatic rings. The van der Waals surface area contributed by atoms with Crippen molar-refractivity contribution in [3.8, 4) is 5.75 Å². The van der Waals surface area contributed by atoms with Gasteiger partial charge in [0.05, 0.1) is 19.2 Å². The summed E-state index contributed by atoms with van der Waals surface area (Å²) in [4.78, 5) is 44.1. The van der Waals surface area contributed by atoms with E-state index in [1.165, 1.54) is 16.2 Å². The first-order chi connectivity index (χ1) is 13.8. The molecule has 2 aliphatic heterocycles. The molecule has 1 aromatic carbocycles. The third kappa shape index (κ3) is 3.17. The molecule has 0 radical (unpaired) electrons. The molecule has 0 atom stereocenters. The van der Waals surface area contributed by atoms with Crippen LogP contribution >= 0.6 is 11.3 Å².